The number of hydrogen-bond acceptors (Lipinski definition) is 7. The fraction of sp³-hybridized carbons (Fsp3) is 0.560. The van der Waals surface area contributed by atoms with Gasteiger partial charge >= 0.3 is 0 Å². The van der Waals surface area contributed by atoms with E-state index >= 15 is 0 Å². The molecule has 2 heterocycles. The van der Waals surface area contributed by atoms with Crippen molar-refractivity contribution < 1.29 is 4.74 Å². The van der Waals surface area contributed by atoms with Crippen LogP contribution >= 0.6 is 0 Å². The van der Waals surface area contributed by atoms with E-state index in [-0.39, 0.29) is 23.5 Å². The molecule has 3 aliphatic rings. The Morgan fingerprint density at radius 1 is 1.16 bits per heavy atom. The number of rotatable bonds is 3. The van der Waals surface area contributed by atoms with Crippen molar-refractivity contribution >= 4 is 11.5 Å². The minimum absolute atomic E-state index is 0.0493. The topological polar surface area (TPSA) is 114 Å². The summed E-state index contributed by atoms with van der Waals surface area (Å²) in [5, 5.41) is 9.52. The molecule has 0 spiro atoms. The van der Waals surface area contributed by atoms with Gasteiger partial charge in [0.2, 0.25) is 0 Å². The molecule has 2 aromatic rings. The zero-order chi connectivity index (χ0) is 22.5. The normalized spacial score (nSPS) is 26.2. The molecule has 4 N–H and O–H groups in total. The third kappa shape index (κ3) is 3.57. The van der Waals surface area contributed by atoms with E-state index < -0.39 is 0 Å². The smallest absolute Gasteiger partial charge is 0.143 e. The third-order valence-electron chi connectivity index (χ3n) is 7.37. The van der Waals surface area contributed by atoms with Crippen LogP contribution in [0.3, 0.4) is 0 Å². The Bertz CT molecular complexity index is 1070. The molecule has 5 rings (SSSR count). The number of nitrogen functional groups attached to an aromatic ring is 1. The number of nitrogens with two attached hydrogens (primary N) is 2. The maximum atomic E-state index is 9.52. The van der Waals surface area contributed by atoms with Gasteiger partial charge in [-0.05, 0) is 61.6 Å². The number of nitrogens with zero attached hydrogens (tertiary/aromatic N) is 4. The van der Waals surface area contributed by atoms with E-state index in [1.165, 1.54) is 5.56 Å². The van der Waals surface area contributed by atoms with Crippen LogP contribution in [0, 0.1) is 17.2 Å². The molecule has 7 heteroatoms. The summed E-state index contributed by atoms with van der Waals surface area (Å²) in [6.07, 6.45) is 7.41. The van der Waals surface area contributed by atoms with Gasteiger partial charge in [-0.1, -0.05) is 13.8 Å². The number of ether oxygens (including phenoxy) is 1. The van der Waals surface area contributed by atoms with Gasteiger partial charge in [-0.2, -0.15) is 5.26 Å². The van der Waals surface area contributed by atoms with Crippen LogP contribution < -0.4 is 21.1 Å². The molecule has 1 aliphatic heterocycles. The van der Waals surface area contributed by atoms with Crippen LogP contribution in [0.25, 0.3) is 11.3 Å². The van der Waals surface area contributed by atoms with Crippen LogP contribution in [0.1, 0.15) is 57.1 Å². The highest BCUT2D eigenvalue weighted by molar-refractivity contribution is 5.83. The number of benzene rings is 1. The monoisotopic (exact) mass is 432 g/mol. The number of aromatic nitrogens is 2. The van der Waals surface area contributed by atoms with Gasteiger partial charge in [-0.25, -0.2) is 9.97 Å². The molecule has 0 bridgehead atoms. The van der Waals surface area contributed by atoms with Crippen molar-refractivity contribution in [3.63, 3.8) is 0 Å². The Hall–Kier alpha value is -2.85. The van der Waals surface area contributed by atoms with E-state index in [1.807, 2.05) is 0 Å². The van der Waals surface area contributed by atoms with Crippen LogP contribution in [-0.2, 0) is 11.8 Å². The van der Waals surface area contributed by atoms with Gasteiger partial charge in [-0.3, -0.25) is 0 Å². The number of fused-ring (bicyclic) bond motifs is 3. The molecule has 2 aliphatic carbocycles. The van der Waals surface area contributed by atoms with E-state index in [2.05, 4.69) is 46.9 Å². The predicted molar refractivity (Wildman–Crippen MR) is 125 cm³/mol. The molecule has 1 saturated carbocycles. The lowest BCUT2D eigenvalue weighted by atomic mass is 9.71. The first-order valence-corrected chi connectivity index (χ1v) is 11.7. The maximum Gasteiger partial charge on any atom is 0.143 e. The van der Waals surface area contributed by atoms with E-state index in [1.54, 1.807) is 6.33 Å². The molecule has 2 fully saturated rings. The van der Waals surface area contributed by atoms with Gasteiger partial charge in [0.1, 0.15) is 17.9 Å². The van der Waals surface area contributed by atoms with Gasteiger partial charge in [-0.15, -0.1) is 0 Å². The second-order valence-corrected chi connectivity index (χ2v) is 10.2. The van der Waals surface area contributed by atoms with Crippen LogP contribution in [-0.4, -0.2) is 35.2 Å². The van der Waals surface area contributed by atoms with Crippen LogP contribution in [0.5, 0.6) is 5.75 Å². The first-order valence-electron chi connectivity index (χ1n) is 11.7. The second kappa shape index (κ2) is 7.93. The second-order valence-electron chi connectivity index (χ2n) is 10.2. The maximum absolute atomic E-state index is 9.52. The van der Waals surface area contributed by atoms with Crippen molar-refractivity contribution in [3.8, 4) is 23.1 Å². The van der Waals surface area contributed by atoms with Crippen LogP contribution in [0.15, 0.2) is 18.5 Å². The lowest BCUT2D eigenvalue weighted by Gasteiger charge is -2.37. The largest absolute Gasteiger partial charge is 0.488 e. The lowest BCUT2D eigenvalue weighted by molar-refractivity contribution is 0.147. The molecular formula is C25H32N6O. The van der Waals surface area contributed by atoms with Crippen LogP contribution in [0.2, 0.25) is 0 Å². The summed E-state index contributed by atoms with van der Waals surface area (Å²) in [6, 6.07) is 6.95. The minimum Gasteiger partial charge on any atom is -0.488 e. The van der Waals surface area contributed by atoms with E-state index in [0.29, 0.717) is 5.82 Å². The molecule has 1 saturated heterocycles. The van der Waals surface area contributed by atoms with Crippen molar-refractivity contribution in [2.75, 3.05) is 23.7 Å². The van der Waals surface area contributed by atoms with Gasteiger partial charge in [0.15, 0.2) is 0 Å². The fourth-order valence-corrected chi connectivity index (χ4v) is 5.71. The van der Waals surface area contributed by atoms with Gasteiger partial charge in [0.05, 0.1) is 29.5 Å². The molecule has 1 unspecified atom stereocenters. The highest BCUT2D eigenvalue weighted by atomic mass is 16.5. The van der Waals surface area contributed by atoms with Crippen molar-refractivity contribution in [3.05, 3.63) is 29.6 Å². The number of anilines is 2. The summed E-state index contributed by atoms with van der Waals surface area (Å²) in [6.45, 7) is 6.00. The Labute approximate surface area is 189 Å². The summed E-state index contributed by atoms with van der Waals surface area (Å²) < 4.78 is 6.62. The van der Waals surface area contributed by atoms with E-state index in [9.17, 15) is 5.26 Å². The van der Waals surface area contributed by atoms with Gasteiger partial charge < -0.3 is 21.1 Å². The summed E-state index contributed by atoms with van der Waals surface area (Å²) in [5.74, 6) is 1.52. The lowest BCUT2D eigenvalue weighted by Crippen LogP contribution is -2.33. The molecule has 168 valence electrons. The average Bonchev–Trinajstić information content (AvgIpc) is 3.23. The van der Waals surface area contributed by atoms with Crippen molar-refractivity contribution in [1.29, 1.82) is 5.26 Å². The predicted octanol–water partition coefficient (Wildman–Crippen LogP) is 3.56. The quantitative estimate of drug-likeness (QED) is 0.762. The summed E-state index contributed by atoms with van der Waals surface area (Å²) in [7, 11) is 0. The van der Waals surface area contributed by atoms with Gasteiger partial charge in [0.25, 0.3) is 0 Å². The molecule has 0 amide bonds. The van der Waals surface area contributed by atoms with Crippen molar-refractivity contribution in [2.45, 2.75) is 69.9 Å². The molecule has 1 aromatic carbocycles. The van der Waals surface area contributed by atoms with Gasteiger partial charge in [0, 0.05) is 30.3 Å². The first-order chi connectivity index (χ1) is 15.4. The highest BCUT2D eigenvalue weighted by Crippen LogP contribution is 2.50. The summed E-state index contributed by atoms with van der Waals surface area (Å²) >= 11 is 0. The fourth-order valence-electron chi connectivity index (χ4n) is 5.71. The minimum atomic E-state index is -0.201. The Morgan fingerprint density at radius 3 is 2.66 bits per heavy atom. The van der Waals surface area contributed by atoms with E-state index in [4.69, 9.17) is 16.2 Å². The first kappa shape index (κ1) is 21.0. The number of nitriles is 1. The number of hydrogen-bond donors (Lipinski definition) is 2. The Balaban J connectivity index is 1.62. The molecule has 0 radical (unpaired) electrons. The van der Waals surface area contributed by atoms with Crippen LogP contribution in [0.4, 0.5) is 11.5 Å². The standard InChI is InChI=1S/C25H32N6O/c1-25(2)11-19-18(22-21(25)24(28)30-14-29-22)7-8-20(32-17-5-3-16(27)4-6-17)23(19)31-10-9-15(12-26)13-31/h7-8,14-17H,3-6,9-11,13,27H2,1-2H3,(H2,28,29,30)/t15?,16-,17-. The zero-order valence-electron chi connectivity index (χ0n) is 19.0. The molecule has 32 heavy (non-hydrogen) atoms. The summed E-state index contributed by atoms with van der Waals surface area (Å²) in [5.41, 5.74) is 17.6. The molecular weight excluding hydrogens is 400 g/mol. The zero-order valence-corrected chi connectivity index (χ0v) is 19.0. The SMILES string of the molecule is CC1(C)Cc2c(ccc(O[C@H]3CC[C@H](N)CC3)c2N2CCC(C#N)C2)-c2ncnc(N)c21. The third-order valence-corrected chi connectivity index (χ3v) is 7.37. The molecule has 7 nitrogen and oxygen atoms in total. The van der Waals surface area contributed by atoms with Crippen molar-refractivity contribution in [2.24, 2.45) is 11.7 Å². The van der Waals surface area contributed by atoms with E-state index in [0.717, 1.165) is 79.9 Å². The van der Waals surface area contributed by atoms with Crippen molar-refractivity contribution in [1.82, 2.24) is 9.97 Å². The summed E-state index contributed by atoms with van der Waals surface area (Å²) in [4.78, 5) is 11.3. The Morgan fingerprint density at radius 2 is 1.94 bits per heavy atom. The molecule has 1 aromatic heterocycles. The average molecular weight is 433 g/mol. The Kier molecular flexibility index (Phi) is 5.21. The molecule has 1 atom stereocenters. The highest BCUT2D eigenvalue weighted by Gasteiger charge is 2.38.